The van der Waals surface area contributed by atoms with Crippen LogP contribution in [0.4, 0.5) is 16.2 Å². The lowest BCUT2D eigenvalue weighted by Gasteiger charge is -2.08. The van der Waals surface area contributed by atoms with Gasteiger partial charge in [-0.1, -0.05) is 12.1 Å². The molecule has 0 aliphatic rings. The van der Waals surface area contributed by atoms with E-state index in [1.54, 1.807) is 30.3 Å². The first-order chi connectivity index (χ1) is 13.0. The number of nitrogens with one attached hydrogen (secondary N) is 4. The molecule has 1 heterocycles. The van der Waals surface area contributed by atoms with Gasteiger partial charge in [-0.05, 0) is 61.4 Å². The molecule has 0 saturated heterocycles. The Morgan fingerprint density at radius 1 is 1.04 bits per heavy atom. The molecule has 0 atom stereocenters. The van der Waals surface area contributed by atoms with E-state index in [2.05, 4.69) is 33.6 Å². The van der Waals surface area contributed by atoms with Crippen LogP contribution in [-0.4, -0.2) is 23.5 Å². The lowest BCUT2D eigenvalue weighted by Crippen LogP contribution is -2.28. The molecule has 6 nitrogen and oxygen atoms in total. The third-order valence-electron chi connectivity index (χ3n) is 4.14. The number of rotatable bonds is 5. The molecule has 3 aromatic rings. The molecule has 6 heteroatoms. The lowest BCUT2D eigenvalue weighted by molar-refractivity contribution is 0.102. The molecule has 138 valence electrons. The van der Waals surface area contributed by atoms with Gasteiger partial charge in [0, 0.05) is 28.8 Å². The van der Waals surface area contributed by atoms with Gasteiger partial charge in [0.05, 0.1) is 0 Å². The number of benzene rings is 2. The molecule has 1 aromatic heterocycles. The topological polar surface area (TPSA) is 86.0 Å². The second-order valence-electron chi connectivity index (χ2n) is 6.38. The normalized spacial score (nSPS) is 10.4. The highest BCUT2D eigenvalue weighted by molar-refractivity contribution is 6.06. The van der Waals surface area contributed by atoms with Crippen LogP contribution in [0.15, 0.2) is 55.1 Å². The Balaban J connectivity index is 1.68. The predicted molar refractivity (Wildman–Crippen MR) is 109 cm³/mol. The smallest absolute Gasteiger partial charge is 0.319 e. The zero-order valence-electron chi connectivity index (χ0n) is 15.3. The van der Waals surface area contributed by atoms with Crippen LogP contribution in [0.1, 0.15) is 21.6 Å². The summed E-state index contributed by atoms with van der Waals surface area (Å²) in [6.07, 6.45) is 1.60. The minimum atomic E-state index is -0.310. The summed E-state index contributed by atoms with van der Waals surface area (Å²) in [6.45, 7) is 7.99. The second-order valence-corrected chi connectivity index (χ2v) is 6.38. The summed E-state index contributed by atoms with van der Waals surface area (Å²) in [6, 6.07) is 12.6. The van der Waals surface area contributed by atoms with Crippen molar-refractivity contribution in [3.8, 4) is 0 Å². The van der Waals surface area contributed by atoms with Gasteiger partial charge in [0.15, 0.2) is 0 Å². The van der Waals surface area contributed by atoms with E-state index in [1.807, 2.05) is 26.0 Å². The summed E-state index contributed by atoms with van der Waals surface area (Å²) in [5.74, 6) is -0.215. The Labute approximate surface area is 157 Å². The molecule has 3 rings (SSSR count). The van der Waals surface area contributed by atoms with E-state index < -0.39 is 0 Å². The van der Waals surface area contributed by atoms with E-state index >= 15 is 0 Å². The molecule has 0 unspecified atom stereocenters. The van der Waals surface area contributed by atoms with Gasteiger partial charge in [0.1, 0.15) is 5.69 Å². The van der Waals surface area contributed by atoms with Crippen LogP contribution in [0.5, 0.6) is 0 Å². The van der Waals surface area contributed by atoms with Gasteiger partial charge in [-0.15, -0.1) is 6.58 Å². The average molecular weight is 362 g/mol. The number of H-pyrrole nitrogens is 1. The Kier molecular flexibility index (Phi) is 5.26. The van der Waals surface area contributed by atoms with Gasteiger partial charge in [-0.3, -0.25) is 4.79 Å². The Hall–Kier alpha value is -3.54. The van der Waals surface area contributed by atoms with Crippen LogP contribution in [0.2, 0.25) is 0 Å². The van der Waals surface area contributed by atoms with Gasteiger partial charge in [0.2, 0.25) is 0 Å². The fraction of sp³-hybridized carbons (Fsp3) is 0.143. The van der Waals surface area contributed by atoms with E-state index in [0.717, 1.165) is 22.0 Å². The minimum absolute atomic E-state index is 0.215. The van der Waals surface area contributed by atoms with Crippen LogP contribution in [0.3, 0.4) is 0 Å². The molecule has 0 fully saturated rings. The lowest BCUT2D eigenvalue weighted by atomic mass is 10.1. The molecular weight excluding hydrogens is 340 g/mol. The summed E-state index contributed by atoms with van der Waals surface area (Å²) in [5.41, 5.74) is 5.00. The number of amides is 3. The Morgan fingerprint density at radius 2 is 1.70 bits per heavy atom. The summed E-state index contributed by atoms with van der Waals surface area (Å²) in [4.78, 5) is 27.3. The first kappa shape index (κ1) is 18.3. The van der Waals surface area contributed by atoms with Crippen molar-refractivity contribution in [2.45, 2.75) is 13.8 Å². The first-order valence-electron chi connectivity index (χ1n) is 8.63. The highest BCUT2D eigenvalue weighted by Crippen LogP contribution is 2.22. The van der Waals surface area contributed by atoms with Crippen molar-refractivity contribution >= 4 is 34.2 Å². The zero-order chi connectivity index (χ0) is 19.4. The number of fused-ring (bicyclic) bond motifs is 1. The van der Waals surface area contributed by atoms with Gasteiger partial charge in [-0.2, -0.15) is 0 Å². The summed E-state index contributed by atoms with van der Waals surface area (Å²) in [5, 5.41) is 9.22. The fourth-order valence-corrected chi connectivity index (χ4v) is 2.90. The predicted octanol–water partition coefficient (Wildman–Crippen LogP) is 4.34. The number of hydrogen-bond donors (Lipinski definition) is 4. The van der Waals surface area contributed by atoms with E-state index in [1.165, 1.54) is 0 Å². The zero-order valence-corrected chi connectivity index (χ0v) is 15.3. The van der Waals surface area contributed by atoms with E-state index in [-0.39, 0.29) is 11.9 Å². The molecule has 2 aromatic carbocycles. The highest BCUT2D eigenvalue weighted by atomic mass is 16.2. The van der Waals surface area contributed by atoms with Crippen molar-refractivity contribution in [1.29, 1.82) is 0 Å². The average Bonchev–Trinajstić information content (AvgIpc) is 3.06. The molecule has 4 N–H and O–H groups in total. The van der Waals surface area contributed by atoms with Crippen LogP contribution in [0.25, 0.3) is 10.9 Å². The highest BCUT2D eigenvalue weighted by Gasteiger charge is 2.11. The maximum atomic E-state index is 12.5. The molecule has 0 bridgehead atoms. The Morgan fingerprint density at radius 3 is 2.37 bits per heavy atom. The number of aromatic nitrogens is 1. The Bertz CT molecular complexity index is 1000. The summed E-state index contributed by atoms with van der Waals surface area (Å²) in [7, 11) is 0. The molecule has 0 saturated carbocycles. The fourth-order valence-electron chi connectivity index (χ4n) is 2.90. The van der Waals surface area contributed by atoms with Crippen molar-refractivity contribution in [2.24, 2.45) is 0 Å². The van der Waals surface area contributed by atoms with Crippen LogP contribution in [-0.2, 0) is 0 Å². The molecule has 0 radical (unpaired) electrons. The quantitative estimate of drug-likeness (QED) is 0.509. The molecule has 0 aliphatic heterocycles. The molecule has 0 spiro atoms. The van der Waals surface area contributed by atoms with E-state index in [0.29, 0.717) is 23.6 Å². The minimum Gasteiger partial charge on any atom is -0.351 e. The van der Waals surface area contributed by atoms with E-state index in [9.17, 15) is 9.59 Å². The maximum Gasteiger partial charge on any atom is 0.319 e. The van der Waals surface area contributed by atoms with Crippen molar-refractivity contribution in [3.63, 3.8) is 0 Å². The monoisotopic (exact) mass is 362 g/mol. The van der Waals surface area contributed by atoms with Gasteiger partial charge < -0.3 is 20.9 Å². The van der Waals surface area contributed by atoms with Gasteiger partial charge in [-0.25, -0.2) is 4.79 Å². The van der Waals surface area contributed by atoms with Crippen LogP contribution < -0.4 is 16.0 Å². The van der Waals surface area contributed by atoms with Crippen LogP contribution in [0, 0.1) is 13.8 Å². The standard InChI is InChI=1S/C21H22N4O2/c1-4-9-22-21(27)24-16-7-5-15(6-8-16)23-20(26)19-12-17-14(3)10-13(2)11-18(17)25-19/h4-8,10-12,25H,1,9H2,2-3H3,(H,23,26)(H2,22,24,27). The van der Waals surface area contributed by atoms with Gasteiger partial charge in [0.25, 0.3) is 5.91 Å². The summed E-state index contributed by atoms with van der Waals surface area (Å²) < 4.78 is 0. The van der Waals surface area contributed by atoms with Crippen molar-refractivity contribution < 1.29 is 9.59 Å². The molecule has 27 heavy (non-hydrogen) atoms. The number of anilines is 2. The number of aromatic amines is 1. The molecule has 3 amide bonds. The largest absolute Gasteiger partial charge is 0.351 e. The third-order valence-corrected chi connectivity index (χ3v) is 4.14. The van der Waals surface area contributed by atoms with Crippen molar-refractivity contribution in [1.82, 2.24) is 10.3 Å². The second kappa shape index (κ2) is 7.78. The third kappa shape index (κ3) is 4.36. The number of carbonyl (C=O) groups is 2. The maximum absolute atomic E-state index is 12.5. The molecule has 0 aliphatic carbocycles. The summed E-state index contributed by atoms with van der Waals surface area (Å²) >= 11 is 0. The number of carbonyl (C=O) groups excluding carboxylic acids is 2. The van der Waals surface area contributed by atoms with Crippen molar-refractivity contribution in [2.75, 3.05) is 17.2 Å². The van der Waals surface area contributed by atoms with Crippen molar-refractivity contribution in [3.05, 3.63) is 71.9 Å². The van der Waals surface area contributed by atoms with E-state index in [4.69, 9.17) is 0 Å². The van der Waals surface area contributed by atoms with Crippen LogP contribution >= 0.6 is 0 Å². The number of hydrogen-bond acceptors (Lipinski definition) is 2. The number of aryl methyl sites for hydroxylation is 2. The first-order valence-corrected chi connectivity index (χ1v) is 8.63. The SMILES string of the molecule is C=CCNC(=O)Nc1ccc(NC(=O)c2cc3c(C)cc(C)cc3[nH]2)cc1. The number of urea groups is 1. The molecular formula is C21H22N4O2. The van der Waals surface area contributed by atoms with Gasteiger partial charge >= 0.3 is 6.03 Å².